The normalized spacial score (nSPS) is 19.2. The maximum Gasteiger partial charge on any atom is 0.319 e. The Balaban J connectivity index is 1.45. The number of amides is 1. The van der Waals surface area contributed by atoms with E-state index in [1.165, 1.54) is 18.2 Å². The van der Waals surface area contributed by atoms with Crippen molar-refractivity contribution in [1.29, 1.82) is 5.26 Å². The lowest BCUT2D eigenvalue weighted by atomic mass is 10.0. The first-order valence-electron chi connectivity index (χ1n) is 14.0. The van der Waals surface area contributed by atoms with E-state index in [4.69, 9.17) is 9.72 Å². The average Bonchev–Trinajstić information content (AvgIpc) is 3.56. The highest BCUT2D eigenvalue weighted by atomic mass is 32.1. The monoisotopic (exact) mass is 606 g/mol. The fraction of sp³-hybridized carbons (Fsp3) is 0.355. The van der Waals surface area contributed by atoms with Gasteiger partial charge in [-0.25, -0.2) is 8.78 Å². The molecule has 0 aliphatic carbocycles. The van der Waals surface area contributed by atoms with E-state index in [1.54, 1.807) is 23.1 Å². The van der Waals surface area contributed by atoms with Crippen molar-refractivity contribution in [2.75, 3.05) is 44.7 Å². The molecular weight excluding hydrogens is 577 g/mol. The van der Waals surface area contributed by atoms with Gasteiger partial charge in [0.15, 0.2) is 5.82 Å². The predicted molar refractivity (Wildman–Crippen MR) is 160 cm³/mol. The summed E-state index contributed by atoms with van der Waals surface area (Å²) in [4.78, 5) is 27.6. The van der Waals surface area contributed by atoms with Gasteiger partial charge in [0.05, 0.1) is 24.0 Å². The van der Waals surface area contributed by atoms with Gasteiger partial charge in [-0.2, -0.15) is 19.6 Å². The third kappa shape index (κ3) is 5.39. The molecule has 0 spiro atoms. The molecule has 222 valence electrons. The Labute approximate surface area is 250 Å². The van der Waals surface area contributed by atoms with Crippen LogP contribution in [0.3, 0.4) is 0 Å². The number of piperazine rings is 1. The lowest BCUT2D eigenvalue weighted by Crippen LogP contribution is -2.55. The van der Waals surface area contributed by atoms with E-state index in [0.717, 1.165) is 19.4 Å². The molecule has 2 aromatic carbocycles. The van der Waals surface area contributed by atoms with Crippen molar-refractivity contribution >= 4 is 44.1 Å². The van der Waals surface area contributed by atoms with Crippen molar-refractivity contribution in [3.05, 3.63) is 59.8 Å². The number of likely N-dealkylation sites (N-methyl/N-ethyl adjacent to an activating group) is 1. The fourth-order valence-electron chi connectivity index (χ4n) is 5.99. The van der Waals surface area contributed by atoms with Crippen LogP contribution in [0.5, 0.6) is 6.01 Å². The van der Waals surface area contributed by atoms with Gasteiger partial charge in [0.2, 0.25) is 11.0 Å². The second kappa shape index (κ2) is 11.8. The number of hydrogen-bond acceptors (Lipinski definition) is 8. The zero-order chi connectivity index (χ0) is 30.2. The molecule has 6 rings (SSSR count). The van der Waals surface area contributed by atoms with Gasteiger partial charge in [-0.3, -0.25) is 4.79 Å². The Bertz CT molecular complexity index is 1770. The average molecular weight is 607 g/mol. The van der Waals surface area contributed by atoms with Crippen LogP contribution >= 0.6 is 11.3 Å². The van der Waals surface area contributed by atoms with E-state index in [-0.39, 0.29) is 35.3 Å². The Morgan fingerprint density at radius 1 is 1.16 bits per heavy atom. The molecule has 1 amide bonds. The number of fused-ring (bicyclic) bond motifs is 2. The highest BCUT2D eigenvalue weighted by molar-refractivity contribution is 7.18. The number of anilines is 1. The summed E-state index contributed by atoms with van der Waals surface area (Å²) < 4.78 is 50.9. The number of thiophene rings is 1. The van der Waals surface area contributed by atoms with Crippen LogP contribution < -0.4 is 9.64 Å². The Kier molecular flexibility index (Phi) is 7.94. The van der Waals surface area contributed by atoms with Crippen molar-refractivity contribution < 1.29 is 22.7 Å². The number of hydrogen-bond donors (Lipinski definition) is 0. The lowest BCUT2D eigenvalue weighted by molar-refractivity contribution is -0.128. The summed E-state index contributed by atoms with van der Waals surface area (Å²) in [5, 5.41) is 9.00. The summed E-state index contributed by atoms with van der Waals surface area (Å²) in [5.74, 6) is -1.40. The number of nitrogens with zero attached hydrogens (tertiary/aromatic N) is 6. The fourth-order valence-corrected chi connectivity index (χ4v) is 6.93. The second-order valence-electron chi connectivity index (χ2n) is 10.8. The molecule has 2 saturated heterocycles. The Morgan fingerprint density at radius 3 is 2.74 bits per heavy atom. The standard InChI is InChI=1S/C31H29F3N6O2S/c1-3-26(41)40-13-12-39(16-18(40)9-10-35)30-23-14-24(32)22(20-7-4-8-21-27(33)29(34)43-28(20)21)15-25(23)36-31(37-30)42-17-19-6-5-11-38(19)2/h3-4,7-8,14-15,18-19H,1,5-6,9,11-13,16-17H2,2H3/t18-,19-/m0/s1. The maximum atomic E-state index is 15.9. The van der Waals surface area contributed by atoms with Crippen molar-refractivity contribution in [3.8, 4) is 23.2 Å². The van der Waals surface area contributed by atoms with E-state index in [1.807, 2.05) is 11.9 Å². The molecule has 2 aromatic heterocycles. The quantitative estimate of drug-likeness (QED) is 0.256. The van der Waals surface area contributed by atoms with Gasteiger partial charge in [0.25, 0.3) is 0 Å². The third-order valence-electron chi connectivity index (χ3n) is 8.29. The summed E-state index contributed by atoms with van der Waals surface area (Å²) in [6.07, 6.45) is 3.39. The van der Waals surface area contributed by atoms with Crippen LogP contribution in [0.1, 0.15) is 19.3 Å². The number of carbonyl (C=O) groups excluding carboxylic acids is 1. The first kappa shape index (κ1) is 28.9. The van der Waals surface area contributed by atoms with Gasteiger partial charge in [-0.05, 0) is 44.6 Å². The van der Waals surface area contributed by atoms with Gasteiger partial charge in [0.1, 0.15) is 18.2 Å². The molecule has 0 unspecified atom stereocenters. The van der Waals surface area contributed by atoms with E-state index in [9.17, 15) is 18.8 Å². The topological polar surface area (TPSA) is 85.6 Å². The van der Waals surface area contributed by atoms with Crippen molar-refractivity contribution in [2.45, 2.75) is 31.3 Å². The van der Waals surface area contributed by atoms with E-state index in [0.29, 0.717) is 64.6 Å². The number of nitriles is 1. The van der Waals surface area contributed by atoms with Crippen LogP contribution in [0.2, 0.25) is 0 Å². The molecule has 0 saturated carbocycles. The van der Waals surface area contributed by atoms with Gasteiger partial charge in [0, 0.05) is 52.3 Å². The maximum absolute atomic E-state index is 15.9. The molecule has 0 bridgehead atoms. The zero-order valence-corrected chi connectivity index (χ0v) is 24.3. The SMILES string of the molecule is C=CC(=O)N1CCN(c2nc(OC[C@@H]3CCCN3C)nc3cc(-c4cccc5c(F)c(F)sc45)c(F)cc23)C[C@@H]1CC#N. The number of carbonyl (C=O) groups is 1. The lowest BCUT2D eigenvalue weighted by Gasteiger charge is -2.41. The molecule has 0 radical (unpaired) electrons. The van der Waals surface area contributed by atoms with Crippen molar-refractivity contribution in [1.82, 2.24) is 19.8 Å². The van der Waals surface area contributed by atoms with E-state index < -0.39 is 22.8 Å². The second-order valence-corrected chi connectivity index (χ2v) is 11.8. The van der Waals surface area contributed by atoms with Crippen LogP contribution in [0.4, 0.5) is 19.0 Å². The van der Waals surface area contributed by atoms with E-state index >= 15 is 4.39 Å². The minimum Gasteiger partial charge on any atom is -0.462 e. The van der Waals surface area contributed by atoms with Gasteiger partial charge >= 0.3 is 6.01 Å². The highest BCUT2D eigenvalue weighted by Gasteiger charge is 2.32. The Hall–Kier alpha value is -4.21. The number of benzene rings is 2. The van der Waals surface area contributed by atoms with Crippen LogP contribution in [0.25, 0.3) is 32.1 Å². The van der Waals surface area contributed by atoms with E-state index in [2.05, 4.69) is 22.5 Å². The molecule has 2 fully saturated rings. The molecule has 8 nitrogen and oxygen atoms in total. The first-order chi connectivity index (χ1) is 20.8. The molecule has 43 heavy (non-hydrogen) atoms. The number of rotatable bonds is 7. The third-order valence-corrected chi connectivity index (χ3v) is 9.30. The van der Waals surface area contributed by atoms with Crippen LogP contribution in [-0.2, 0) is 4.79 Å². The molecular formula is C31H29F3N6O2S. The molecule has 2 aliphatic rings. The summed E-state index contributed by atoms with van der Waals surface area (Å²) >= 11 is 0.631. The molecule has 2 aliphatic heterocycles. The number of ether oxygens (including phenoxy) is 1. The Morgan fingerprint density at radius 2 is 2.00 bits per heavy atom. The van der Waals surface area contributed by atoms with Crippen LogP contribution in [0.15, 0.2) is 43.0 Å². The number of likely N-dealkylation sites (tertiary alicyclic amines) is 1. The van der Waals surface area contributed by atoms with Crippen molar-refractivity contribution in [3.63, 3.8) is 0 Å². The molecule has 2 atom stereocenters. The summed E-state index contributed by atoms with van der Waals surface area (Å²) in [6.45, 7) is 5.93. The molecule has 0 N–H and O–H groups in total. The highest BCUT2D eigenvalue weighted by Crippen LogP contribution is 2.40. The van der Waals surface area contributed by atoms with Crippen LogP contribution in [0, 0.1) is 28.1 Å². The number of aromatic nitrogens is 2. The zero-order valence-electron chi connectivity index (χ0n) is 23.5. The van der Waals surface area contributed by atoms with Gasteiger partial charge in [-0.1, -0.05) is 24.8 Å². The molecule has 4 heterocycles. The largest absolute Gasteiger partial charge is 0.462 e. The molecule has 4 aromatic rings. The van der Waals surface area contributed by atoms with Crippen LogP contribution in [-0.4, -0.2) is 77.6 Å². The minimum absolute atomic E-state index is 0.0862. The summed E-state index contributed by atoms with van der Waals surface area (Å²) in [5.41, 5.74) is 0.895. The first-order valence-corrected chi connectivity index (χ1v) is 14.9. The molecule has 12 heteroatoms. The summed E-state index contributed by atoms with van der Waals surface area (Å²) in [7, 11) is 2.04. The minimum atomic E-state index is -0.957. The van der Waals surface area contributed by atoms with Gasteiger partial charge < -0.3 is 19.4 Å². The van der Waals surface area contributed by atoms with Crippen molar-refractivity contribution in [2.24, 2.45) is 0 Å². The number of halogens is 3. The van der Waals surface area contributed by atoms with Gasteiger partial charge in [-0.15, -0.1) is 11.3 Å². The predicted octanol–water partition coefficient (Wildman–Crippen LogP) is 5.52. The smallest absolute Gasteiger partial charge is 0.319 e. The summed E-state index contributed by atoms with van der Waals surface area (Å²) in [6, 6.07) is 9.59.